The van der Waals surface area contributed by atoms with Crippen LogP contribution in [0.3, 0.4) is 0 Å². The minimum atomic E-state index is -0.0751. The van der Waals surface area contributed by atoms with E-state index in [4.69, 9.17) is 14.5 Å². The predicted molar refractivity (Wildman–Crippen MR) is 109 cm³/mol. The molecule has 6 heteroatoms. The van der Waals surface area contributed by atoms with Crippen LogP contribution in [-0.4, -0.2) is 62.5 Å². The van der Waals surface area contributed by atoms with Crippen LogP contribution in [0.5, 0.6) is 0 Å². The largest absolute Gasteiger partial charge is 0.379 e. The normalized spacial score (nSPS) is 24.1. The molecular formula is C21H34N4O2. The molecular weight excluding hydrogens is 340 g/mol. The van der Waals surface area contributed by atoms with Crippen LogP contribution in [0.2, 0.25) is 0 Å². The third-order valence-corrected chi connectivity index (χ3v) is 5.20. The molecule has 3 rings (SSSR count). The Labute approximate surface area is 163 Å². The highest BCUT2D eigenvalue weighted by molar-refractivity contribution is 5.79. The molecule has 0 aromatic heterocycles. The van der Waals surface area contributed by atoms with Crippen molar-refractivity contribution in [3.8, 4) is 0 Å². The molecule has 0 amide bonds. The zero-order valence-corrected chi connectivity index (χ0v) is 16.8. The number of hydrogen-bond donors (Lipinski definition) is 2. The zero-order chi connectivity index (χ0) is 19.0. The maximum absolute atomic E-state index is 5.86. The highest BCUT2D eigenvalue weighted by Crippen LogP contribution is 2.23. The molecule has 0 aliphatic carbocycles. The van der Waals surface area contributed by atoms with Crippen LogP contribution in [0, 0.1) is 0 Å². The van der Waals surface area contributed by atoms with E-state index < -0.39 is 0 Å². The van der Waals surface area contributed by atoms with E-state index in [2.05, 4.69) is 53.6 Å². The van der Waals surface area contributed by atoms with Gasteiger partial charge in [0, 0.05) is 39.3 Å². The Hall–Kier alpha value is -1.63. The van der Waals surface area contributed by atoms with Crippen molar-refractivity contribution in [3.05, 3.63) is 35.4 Å². The summed E-state index contributed by atoms with van der Waals surface area (Å²) in [6.07, 6.45) is 2.24. The minimum absolute atomic E-state index is 0.0751. The fourth-order valence-corrected chi connectivity index (χ4v) is 3.60. The van der Waals surface area contributed by atoms with Gasteiger partial charge in [0.15, 0.2) is 5.96 Å². The van der Waals surface area contributed by atoms with Gasteiger partial charge in [0.2, 0.25) is 0 Å². The molecule has 6 nitrogen and oxygen atoms in total. The second-order valence-corrected chi connectivity index (χ2v) is 7.66. The number of nitrogens with one attached hydrogen (secondary N) is 2. The molecule has 2 aliphatic rings. The Morgan fingerprint density at radius 3 is 2.74 bits per heavy atom. The van der Waals surface area contributed by atoms with Gasteiger partial charge >= 0.3 is 0 Å². The number of morpholine rings is 1. The van der Waals surface area contributed by atoms with Crippen LogP contribution >= 0.6 is 0 Å². The van der Waals surface area contributed by atoms with E-state index in [1.165, 1.54) is 11.1 Å². The number of guanidine groups is 1. The molecule has 1 aromatic carbocycles. The summed E-state index contributed by atoms with van der Waals surface area (Å²) >= 11 is 0. The van der Waals surface area contributed by atoms with Crippen molar-refractivity contribution < 1.29 is 9.47 Å². The first-order valence-electron chi connectivity index (χ1n) is 10.2. The molecule has 2 fully saturated rings. The van der Waals surface area contributed by atoms with Crippen LogP contribution in [0.15, 0.2) is 29.3 Å². The zero-order valence-electron chi connectivity index (χ0n) is 16.8. The number of hydrogen-bond acceptors (Lipinski definition) is 4. The van der Waals surface area contributed by atoms with Crippen molar-refractivity contribution in [3.63, 3.8) is 0 Å². The van der Waals surface area contributed by atoms with Gasteiger partial charge in [-0.3, -0.25) is 4.90 Å². The molecule has 2 saturated heterocycles. The van der Waals surface area contributed by atoms with Gasteiger partial charge in [-0.15, -0.1) is 0 Å². The van der Waals surface area contributed by atoms with E-state index in [1.54, 1.807) is 0 Å². The third-order valence-electron chi connectivity index (χ3n) is 5.20. The highest BCUT2D eigenvalue weighted by Gasteiger charge is 2.29. The molecule has 0 spiro atoms. The molecule has 1 atom stereocenters. The molecule has 1 unspecified atom stereocenters. The molecule has 2 N–H and O–H groups in total. The lowest BCUT2D eigenvalue weighted by Crippen LogP contribution is -2.45. The predicted octanol–water partition coefficient (Wildman–Crippen LogP) is 2.14. The van der Waals surface area contributed by atoms with E-state index in [-0.39, 0.29) is 5.60 Å². The van der Waals surface area contributed by atoms with Crippen LogP contribution in [0.4, 0.5) is 0 Å². The Kier molecular flexibility index (Phi) is 7.50. The maximum Gasteiger partial charge on any atom is 0.191 e. The summed E-state index contributed by atoms with van der Waals surface area (Å²) in [5.74, 6) is 0.854. The molecule has 1 aromatic rings. The smallest absolute Gasteiger partial charge is 0.191 e. The summed E-state index contributed by atoms with van der Waals surface area (Å²) in [6, 6.07) is 8.75. The van der Waals surface area contributed by atoms with Crippen molar-refractivity contribution in [2.75, 3.05) is 46.0 Å². The van der Waals surface area contributed by atoms with E-state index in [0.29, 0.717) is 6.54 Å². The van der Waals surface area contributed by atoms with Crippen molar-refractivity contribution in [1.29, 1.82) is 0 Å². The summed E-state index contributed by atoms with van der Waals surface area (Å²) in [5, 5.41) is 6.78. The topological polar surface area (TPSA) is 58.1 Å². The fraction of sp³-hybridized carbons (Fsp3) is 0.667. The lowest BCUT2D eigenvalue weighted by Gasteiger charge is -2.26. The Balaban J connectivity index is 1.55. The van der Waals surface area contributed by atoms with Crippen molar-refractivity contribution in [1.82, 2.24) is 15.5 Å². The van der Waals surface area contributed by atoms with Gasteiger partial charge in [-0.1, -0.05) is 24.3 Å². The van der Waals surface area contributed by atoms with Crippen molar-refractivity contribution in [2.45, 2.75) is 45.4 Å². The summed E-state index contributed by atoms with van der Waals surface area (Å²) in [6.45, 7) is 12.1. The van der Waals surface area contributed by atoms with E-state index in [0.717, 1.165) is 71.3 Å². The quantitative estimate of drug-likeness (QED) is 0.566. The van der Waals surface area contributed by atoms with Crippen molar-refractivity contribution in [2.24, 2.45) is 4.99 Å². The molecule has 0 bridgehead atoms. The number of nitrogens with zero attached hydrogens (tertiary/aromatic N) is 2. The molecule has 150 valence electrons. The van der Waals surface area contributed by atoms with Crippen LogP contribution in [0.1, 0.15) is 37.8 Å². The van der Waals surface area contributed by atoms with E-state index in [9.17, 15) is 0 Å². The van der Waals surface area contributed by atoms with Gasteiger partial charge in [-0.25, -0.2) is 4.99 Å². The molecule has 2 heterocycles. The van der Waals surface area contributed by atoms with Gasteiger partial charge in [0.25, 0.3) is 0 Å². The highest BCUT2D eigenvalue weighted by atomic mass is 16.5. The SMILES string of the molecule is CCNC(=NCc1cccc(CN2CCOCC2)c1)NCC1(C)CCCO1. The van der Waals surface area contributed by atoms with Gasteiger partial charge in [-0.2, -0.15) is 0 Å². The Morgan fingerprint density at radius 1 is 1.19 bits per heavy atom. The minimum Gasteiger partial charge on any atom is -0.379 e. The molecule has 27 heavy (non-hydrogen) atoms. The van der Waals surface area contributed by atoms with Gasteiger partial charge in [0.05, 0.1) is 25.4 Å². The van der Waals surface area contributed by atoms with E-state index in [1.807, 2.05) is 0 Å². The lowest BCUT2D eigenvalue weighted by molar-refractivity contribution is 0.0243. The number of rotatable bonds is 7. The first kappa shape index (κ1) is 20.1. The lowest BCUT2D eigenvalue weighted by atomic mass is 10.0. The second kappa shape index (κ2) is 10.1. The summed E-state index contributed by atoms with van der Waals surface area (Å²) in [7, 11) is 0. The standard InChI is InChI=1S/C21H34N4O2/c1-3-22-20(24-17-21(2)8-5-11-27-21)23-15-18-6-4-7-19(14-18)16-25-9-12-26-13-10-25/h4,6-7,14H,3,5,8-13,15-17H2,1-2H3,(H2,22,23,24). The Bertz CT molecular complexity index is 608. The fourth-order valence-electron chi connectivity index (χ4n) is 3.60. The number of ether oxygens (including phenoxy) is 2. The average Bonchev–Trinajstić information content (AvgIpc) is 3.12. The van der Waals surface area contributed by atoms with Gasteiger partial charge < -0.3 is 20.1 Å². The summed E-state index contributed by atoms with van der Waals surface area (Å²) in [5.41, 5.74) is 2.50. The number of benzene rings is 1. The maximum atomic E-state index is 5.86. The summed E-state index contributed by atoms with van der Waals surface area (Å²) in [4.78, 5) is 7.21. The second-order valence-electron chi connectivity index (χ2n) is 7.66. The van der Waals surface area contributed by atoms with Gasteiger partial charge in [-0.05, 0) is 37.8 Å². The van der Waals surface area contributed by atoms with Crippen LogP contribution < -0.4 is 10.6 Å². The first-order chi connectivity index (χ1) is 13.2. The van der Waals surface area contributed by atoms with Crippen LogP contribution in [-0.2, 0) is 22.6 Å². The Morgan fingerprint density at radius 2 is 2.00 bits per heavy atom. The molecule has 0 radical (unpaired) electrons. The summed E-state index contributed by atoms with van der Waals surface area (Å²) < 4.78 is 11.3. The van der Waals surface area contributed by atoms with Crippen molar-refractivity contribution >= 4 is 5.96 Å². The molecule has 0 saturated carbocycles. The average molecular weight is 375 g/mol. The molecule has 2 aliphatic heterocycles. The van der Waals surface area contributed by atoms with E-state index >= 15 is 0 Å². The monoisotopic (exact) mass is 374 g/mol. The van der Waals surface area contributed by atoms with Crippen LogP contribution in [0.25, 0.3) is 0 Å². The third kappa shape index (κ3) is 6.48. The first-order valence-corrected chi connectivity index (χ1v) is 10.2. The number of aliphatic imine (C=N–C) groups is 1. The van der Waals surface area contributed by atoms with Gasteiger partial charge in [0.1, 0.15) is 0 Å².